The van der Waals surface area contributed by atoms with Crippen LogP contribution in [0.1, 0.15) is 38.1 Å². The molecule has 0 aliphatic carbocycles. The van der Waals surface area contributed by atoms with Gasteiger partial charge in [-0.3, -0.25) is 14.9 Å². The number of nitrogens with zero attached hydrogens (tertiary/aromatic N) is 1. The molecule has 3 rings (SSSR count). The van der Waals surface area contributed by atoms with Crippen LogP contribution in [0.15, 0.2) is 52.5 Å². The van der Waals surface area contributed by atoms with Gasteiger partial charge in [-0.05, 0) is 30.5 Å². The van der Waals surface area contributed by atoms with E-state index in [1.54, 1.807) is 48.7 Å². The average Bonchev–Trinajstić information content (AvgIpc) is 3.32. The summed E-state index contributed by atoms with van der Waals surface area (Å²) < 4.78 is 10.1. The summed E-state index contributed by atoms with van der Waals surface area (Å²) >= 11 is 1.18. The van der Waals surface area contributed by atoms with Gasteiger partial charge in [-0.25, -0.2) is 4.79 Å². The molecule has 2 amide bonds. The van der Waals surface area contributed by atoms with Crippen LogP contribution in [0.2, 0.25) is 0 Å². The number of amides is 2. The Balaban J connectivity index is 1.66. The minimum Gasteiger partial charge on any atom is -0.462 e. The van der Waals surface area contributed by atoms with Crippen molar-refractivity contribution in [2.24, 2.45) is 0 Å². The molecular formula is C18H15N3O5S. The number of carbonyl (C=O) groups excluding carboxylic acids is 3. The number of esters is 1. The Kier molecular flexibility index (Phi) is 5.62. The van der Waals surface area contributed by atoms with Crippen molar-refractivity contribution in [1.29, 1.82) is 0 Å². The first-order chi connectivity index (χ1) is 13.1. The van der Waals surface area contributed by atoms with E-state index in [9.17, 15) is 14.4 Å². The van der Waals surface area contributed by atoms with E-state index in [-0.39, 0.29) is 23.9 Å². The summed E-state index contributed by atoms with van der Waals surface area (Å²) in [5.74, 6) is -1.51. The van der Waals surface area contributed by atoms with Gasteiger partial charge in [0.05, 0.1) is 12.2 Å². The number of nitrogens with one attached hydrogen (secondary N) is 2. The van der Waals surface area contributed by atoms with Crippen LogP contribution in [0.4, 0.5) is 11.0 Å². The van der Waals surface area contributed by atoms with Crippen molar-refractivity contribution in [3.8, 4) is 0 Å². The third kappa shape index (κ3) is 4.39. The molecule has 2 N–H and O–H groups in total. The molecule has 1 aromatic carbocycles. The fraction of sp³-hybridized carbons (Fsp3) is 0.111. The van der Waals surface area contributed by atoms with Crippen molar-refractivity contribution in [3.63, 3.8) is 0 Å². The Morgan fingerprint density at radius 2 is 1.89 bits per heavy atom. The van der Waals surface area contributed by atoms with E-state index in [1.807, 2.05) is 0 Å². The number of aromatic nitrogens is 1. The highest BCUT2D eigenvalue weighted by atomic mass is 32.1. The van der Waals surface area contributed by atoms with Crippen molar-refractivity contribution < 1.29 is 23.5 Å². The summed E-state index contributed by atoms with van der Waals surface area (Å²) in [7, 11) is 0. The Morgan fingerprint density at radius 3 is 2.63 bits per heavy atom. The van der Waals surface area contributed by atoms with Crippen molar-refractivity contribution in [1.82, 2.24) is 4.98 Å². The Morgan fingerprint density at radius 1 is 1.11 bits per heavy atom. The highest BCUT2D eigenvalue weighted by Crippen LogP contribution is 2.25. The number of anilines is 2. The van der Waals surface area contributed by atoms with Gasteiger partial charge in [0, 0.05) is 5.56 Å². The van der Waals surface area contributed by atoms with Gasteiger partial charge < -0.3 is 14.5 Å². The quantitative estimate of drug-likeness (QED) is 0.629. The maximum atomic E-state index is 12.3. The molecule has 0 unspecified atom stereocenters. The molecule has 0 aliphatic rings. The number of hydrogen-bond donors (Lipinski definition) is 2. The van der Waals surface area contributed by atoms with Gasteiger partial charge >= 0.3 is 12.0 Å². The van der Waals surface area contributed by atoms with E-state index in [2.05, 4.69) is 15.6 Å². The maximum absolute atomic E-state index is 12.3. The van der Waals surface area contributed by atoms with E-state index in [4.69, 9.17) is 9.15 Å². The first-order valence-electron chi connectivity index (χ1n) is 7.96. The van der Waals surface area contributed by atoms with E-state index in [1.165, 1.54) is 11.3 Å². The number of hydrogen-bond acceptors (Lipinski definition) is 7. The molecule has 27 heavy (non-hydrogen) atoms. The lowest BCUT2D eigenvalue weighted by molar-refractivity contribution is 0.0528. The number of carbonyl (C=O) groups is 3. The van der Waals surface area contributed by atoms with E-state index >= 15 is 0 Å². The van der Waals surface area contributed by atoms with Crippen molar-refractivity contribution in [2.75, 3.05) is 17.2 Å². The molecule has 0 saturated heterocycles. The molecular weight excluding hydrogens is 370 g/mol. The van der Waals surface area contributed by atoms with Gasteiger partial charge in [0.25, 0.3) is 11.8 Å². The second-order valence-corrected chi connectivity index (χ2v) is 6.11. The van der Waals surface area contributed by atoms with Crippen LogP contribution < -0.4 is 10.6 Å². The lowest BCUT2D eigenvalue weighted by Crippen LogP contribution is -2.15. The molecule has 2 aromatic heterocycles. The minimum absolute atomic E-state index is 0.0402. The Hall–Kier alpha value is -3.46. The summed E-state index contributed by atoms with van der Waals surface area (Å²) in [6.45, 7) is 1.93. The highest BCUT2D eigenvalue weighted by molar-refractivity contribution is 7.14. The van der Waals surface area contributed by atoms with Gasteiger partial charge in [-0.1, -0.05) is 18.2 Å². The first kappa shape index (κ1) is 18.3. The normalized spacial score (nSPS) is 10.3. The molecule has 0 radical (unpaired) electrons. The van der Waals surface area contributed by atoms with E-state index in [0.29, 0.717) is 10.6 Å². The molecule has 3 aromatic rings. The smallest absolute Gasteiger partial charge is 0.341 e. The second-order valence-electron chi connectivity index (χ2n) is 5.20. The minimum atomic E-state index is -0.577. The zero-order valence-electron chi connectivity index (χ0n) is 14.2. The van der Waals surface area contributed by atoms with Crippen molar-refractivity contribution >= 4 is 40.1 Å². The van der Waals surface area contributed by atoms with Crippen LogP contribution in [0.5, 0.6) is 0 Å². The van der Waals surface area contributed by atoms with Crippen molar-refractivity contribution in [3.05, 3.63) is 64.9 Å². The largest absolute Gasteiger partial charge is 0.462 e. The molecule has 0 spiro atoms. The molecule has 8 nitrogen and oxygen atoms in total. The Labute approximate surface area is 158 Å². The zero-order valence-corrected chi connectivity index (χ0v) is 15.0. The van der Waals surface area contributed by atoms with Gasteiger partial charge in [0.1, 0.15) is 11.3 Å². The monoisotopic (exact) mass is 385 g/mol. The van der Waals surface area contributed by atoms with Crippen LogP contribution in [0.3, 0.4) is 0 Å². The molecule has 0 atom stereocenters. The third-order valence-electron chi connectivity index (χ3n) is 3.38. The predicted octanol–water partition coefficient (Wildman–Crippen LogP) is 3.42. The summed E-state index contributed by atoms with van der Waals surface area (Å²) in [5, 5.41) is 7.07. The fourth-order valence-electron chi connectivity index (χ4n) is 2.14. The predicted molar refractivity (Wildman–Crippen MR) is 99.1 cm³/mol. The van der Waals surface area contributed by atoms with Crippen LogP contribution in [-0.4, -0.2) is 29.4 Å². The number of oxazole rings is 1. The Bertz CT molecular complexity index is 964. The maximum Gasteiger partial charge on any atom is 0.341 e. The third-order valence-corrected chi connectivity index (χ3v) is 4.21. The average molecular weight is 385 g/mol. The van der Waals surface area contributed by atoms with Crippen LogP contribution >= 0.6 is 11.3 Å². The van der Waals surface area contributed by atoms with Crippen LogP contribution in [0.25, 0.3) is 0 Å². The number of rotatable bonds is 6. The molecule has 9 heteroatoms. The van der Waals surface area contributed by atoms with Crippen LogP contribution in [-0.2, 0) is 4.74 Å². The topological polar surface area (TPSA) is 111 Å². The lowest BCUT2D eigenvalue weighted by atomic mass is 10.2. The molecule has 0 bridgehead atoms. The van der Waals surface area contributed by atoms with Gasteiger partial charge in [-0.15, -0.1) is 11.3 Å². The van der Waals surface area contributed by atoms with Gasteiger partial charge in [0.15, 0.2) is 5.69 Å². The van der Waals surface area contributed by atoms with Crippen LogP contribution in [0, 0.1) is 0 Å². The SMILES string of the molecule is CCOC(=O)c1ccsc1NC(=O)c1coc(NC(=O)c2ccccc2)n1. The number of ether oxygens (including phenoxy) is 1. The summed E-state index contributed by atoms with van der Waals surface area (Å²) in [5.41, 5.74) is 0.650. The van der Waals surface area contributed by atoms with E-state index < -0.39 is 17.8 Å². The molecule has 0 saturated carbocycles. The molecule has 0 aliphatic heterocycles. The lowest BCUT2D eigenvalue weighted by Gasteiger charge is -2.04. The van der Waals surface area contributed by atoms with Gasteiger partial charge in [-0.2, -0.15) is 4.98 Å². The van der Waals surface area contributed by atoms with E-state index in [0.717, 1.165) is 6.26 Å². The van der Waals surface area contributed by atoms with Gasteiger partial charge in [0.2, 0.25) is 0 Å². The highest BCUT2D eigenvalue weighted by Gasteiger charge is 2.19. The molecule has 0 fully saturated rings. The second kappa shape index (κ2) is 8.28. The molecule has 138 valence electrons. The summed E-state index contributed by atoms with van der Waals surface area (Å²) in [4.78, 5) is 40.2. The van der Waals surface area contributed by atoms with Crippen molar-refractivity contribution in [2.45, 2.75) is 6.92 Å². The summed E-state index contributed by atoms with van der Waals surface area (Å²) in [6, 6.07) is 9.98. The summed E-state index contributed by atoms with van der Waals surface area (Å²) in [6.07, 6.45) is 1.12. The first-order valence-corrected chi connectivity index (χ1v) is 8.84. The number of thiophene rings is 1. The molecule has 2 heterocycles. The number of benzene rings is 1. The fourth-order valence-corrected chi connectivity index (χ4v) is 2.91. The zero-order chi connectivity index (χ0) is 19.2. The standard InChI is InChI=1S/C18H15N3O5S/c1-2-25-17(24)12-8-9-27-16(12)20-15(23)13-10-26-18(19-13)21-14(22)11-6-4-3-5-7-11/h3-10H,2H2,1H3,(H,20,23)(H,19,21,22).